The molecule has 3 heterocycles. The highest BCUT2D eigenvalue weighted by Gasteiger charge is 2.36. The van der Waals surface area contributed by atoms with Crippen LogP contribution in [0, 0.1) is 6.92 Å². The van der Waals surface area contributed by atoms with Crippen LogP contribution < -0.4 is 14.2 Å². The normalized spacial score (nSPS) is 16.9. The molecule has 0 amide bonds. The van der Waals surface area contributed by atoms with Crippen LogP contribution >= 0.6 is 0 Å². The minimum absolute atomic E-state index is 0.0525. The molecule has 2 aromatic heterocycles. The fraction of sp³-hybridized carbons (Fsp3) is 0.478. The molecule has 0 saturated carbocycles. The maximum Gasteiger partial charge on any atom is 0.240 e. The summed E-state index contributed by atoms with van der Waals surface area (Å²) in [4.78, 5) is 8.58. The van der Waals surface area contributed by atoms with Gasteiger partial charge in [0.25, 0.3) is 0 Å². The quantitative estimate of drug-likeness (QED) is 0.432. The van der Waals surface area contributed by atoms with Crippen molar-refractivity contribution >= 4 is 16.0 Å². The summed E-state index contributed by atoms with van der Waals surface area (Å²) in [5, 5.41) is 17.3. The van der Waals surface area contributed by atoms with E-state index in [4.69, 9.17) is 14.2 Å². The molecule has 0 radical (unpaired) electrons. The third-order valence-electron chi connectivity index (χ3n) is 5.75. The lowest BCUT2D eigenvalue weighted by Crippen LogP contribution is -2.35. The summed E-state index contributed by atoms with van der Waals surface area (Å²) < 4.78 is 48.2. The van der Waals surface area contributed by atoms with Crippen LogP contribution in [0.15, 0.2) is 30.6 Å². The van der Waals surface area contributed by atoms with Crippen molar-refractivity contribution in [3.63, 3.8) is 0 Å². The number of ether oxygens (including phenoxy) is 3. The Morgan fingerprint density at radius 2 is 1.94 bits per heavy atom. The number of hydrogen-bond acceptors (Lipinski definition) is 10. The highest BCUT2D eigenvalue weighted by Crippen LogP contribution is 2.38. The van der Waals surface area contributed by atoms with E-state index in [2.05, 4.69) is 24.9 Å². The zero-order valence-corrected chi connectivity index (χ0v) is 21.6. The predicted octanol–water partition coefficient (Wildman–Crippen LogP) is 2.27. The van der Waals surface area contributed by atoms with Crippen LogP contribution in [0.4, 0.5) is 5.95 Å². The summed E-state index contributed by atoms with van der Waals surface area (Å²) in [6.07, 6.45) is 2.02. The first kappa shape index (κ1) is 25.8. The Labute approximate surface area is 209 Å². The summed E-state index contributed by atoms with van der Waals surface area (Å²) in [6, 6.07) is 4.56. The van der Waals surface area contributed by atoms with Gasteiger partial charge in [-0.05, 0) is 51.5 Å². The second-order valence-corrected chi connectivity index (χ2v) is 10.8. The van der Waals surface area contributed by atoms with E-state index in [0.29, 0.717) is 22.9 Å². The molecule has 1 aliphatic rings. The Hall–Kier alpha value is -3.29. The van der Waals surface area contributed by atoms with E-state index in [9.17, 15) is 13.5 Å². The van der Waals surface area contributed by atoms with Crippen molar-refractivity contribution in [2.75, 3.05) is 25.0 Å². The third-order valence-corrected chi connectivity index (χ3v) is 7.45. The molecule has 194 valence electrons. The van der Waals surface area contributed by atoms with Crippen molar-refractivity contribution in [1.82, 2.24) is 24.7 Å². The lowest BCUT2D eigenvalue weighted by Gasteiger charge is -2.26. The number of aryl methyl sites for hydroxylation is 1. The Morgan fingerprint density at radius 1 is 1.22 bits per heavy atom. The number of fused-ring (bicyclic) bond motifs is 3. The number of nitrogens with one attached hydrogen (secondary N) is 1. The van der Waals surface area contributed by atoms with E-state index in [1.807, 2.05) is 20.8 Å². The number of sulfonamides is 1. The van der Waals surface area contributed by atoms with E-state index in [0.717, 1.165) is 5.56 Å². The second kappa shape index (κ2) is 10.4. The smallest absolute Gasteiger partial charge is 0.240 e. The molecule has 4 rings (SSSR count). The van der Waals surface area contributed by atoms with Crippen molar-refractivity contribution in [2.45, 2.75) is 51.2 Å². The van der Waals surface area contributed by atoms with Gasteiger partial charge in [0.1, 0.15) is 29.5 Å². The molecule has 12 nitrogen and oxygen atoms in total. The van der Waals surface area contributed by atoms with Gasteiger partial charge in [0.2, 0.25) is 16.0 Å². The van der Waals surface area contributed by atoms with Gasteiger partial charge in [-0.2, -0.15) is 0 Å². The van der Waals surface area contributed by atoms with Gasteiger partial charge in [-0.3, -0.25) is 9.29 Å². The maximum absolute atomic E-state index is 13.5. The number of aliphatic hydroxyl groups excluding tert-OH is 1. The monoisotopic (exact) mass is 518 g/mol. The highest BCUT2D eigenvalue weighted by atomic mass is 32.2. The van der Waals surface area contributed by atoms with Crippen LogP contribution in [0.3, 0.4) is 0 Å². The predicted molar refractivity (Wildman–Crippen MR) is 131 cm³/mol. The maximum atomic E-state index is 13.5. The molecule has 13 heteroatoms. The van der Waals surface area contributed by atoms with Crippen LogP contribution in [-0.2, 0) is 14.8 Å². The summed E-state index contributed by atoms with van der Waals surface area (Å²) in [7, 11) is -2.54. The van der Waals surface area contributed by atoms with E-state index >= 15 is 0 Å². The summed E-state index contributed by atoms with van der Waals surface area (Å²) >= 11 is 0. The number of hydrogen-bond donors (Lipinski definition) is 2. The molecule has 0 spiro atoms. The molecule has 0 saturated heterocycles. The van der Waals surface area contributed by atoms with Crippen molar-refractivity contribution in [3.8, 4) is 22.9 Å². The van der Waals surface area contributed by atoms with Gasteiger partial charge < -0.3 is 19.3 Å². The number of methoxy groups -OCH3 is 1. The van der Waals surface area contributed by atoms with Gasteiger partial charge >= 0.3 is 0 Å². The minimum atomic E-state index is -4.08. The second-order valence-electron chi connectivity index (χ2n) is 8.80. The Bertz CT molecular complexity index is 1310. The fourth-order valence-corrected chi connectivity index (χ4v) is 4.92. The Morgan fingerprint density at radius 3 is 2.58 bits per heavy atom. The van der Waals surface area contributed by atoms with Crippen LogP contribution in [0.5, 0.6) is 11.5 Å². The Kier molecular flexibility index (Phi) is 7.43. The number of benzene rings is 1. The Balaban J connectivity index is 1.71. The van der Waals surface area contributed by atoms with E-state index in [1.54, 1.807) is 30.6 Å². The van der Waals surface area contributed by atoms with E-state index < -0.39 is 27.4 Å². The van der Waals surface area contributed by atoms with Gasteiger partial charge in [0.05, 0.1) is 31.4 Å². The first-order valence-corrected chi connectivity index (χ1v) is 13.0. The molecule has 1 aliphatic heterocycles. The lowest BCUT2D eigenvalue weighted by molar-refractivity contribution is 0.00152. The molecule has 0 unspecified atom stereocenters. The van der Waals surface area contributed by atoms with Gasteiger partial charge in [0, 0.05) is 12.4 Å². The van der Waals surface area contributed by atoms with Crippen molar-refractivity contribution < 1.29 is 27.7 Å². The zero-order chi connectivity index (χ0) is 26.0. The number of rotatable bonds is 9. The third kappa shape index (κ3) is 5.13. The summed E-state index contributed by atoms with van der Waals surface area (Å²) in [5.41, 5.74) is 1.40. The highest BCUT2D eigenvalue weighted by molar-refractivity contribution is 7.93. The van der Waals surface area contributed by atoms with Crippen LogP contribution in [-0.4, -0.2) is 69.9 Å². The zero-order valence-electron chi connectivity index (χ0n) is 20.7. The number of nitrogens with zero attached hydrogens (tertiary/aromatic N) is 5. The first-order chi connectivity index (χ1) is 17.1. The van der Waals surface area contributed by atoms with Gasteiger partial charge in [-0.25, -0.2) is 18.4 Å². The summed E-state index contributed by atoms with van der Waals surface area (Å²) in [5.74, 6) is 1.63. The van der Waals surface area contributed by atoms with Gasteiger partial charge in [-0.15, -0.1) is 10.2 Å². The molecular weight excluding hydrogens is 488 g/mol. The molecule has 3 atom stereocenters. The molecule has 1 aromatic carbocycles. The topological polar surface area (TPSA) is 151 Å². The van der Waals surface area contributed by atoms with Crippen molar-refractivity contribution in [3.05, 3.63) is 42.0 Å². The van der Waals surface area contributed by atoms with Gasteiger partial charge in [-0.1, -0.05) is 0 Å². The summed E-state index contributed by atoms with van der Waals surface area (Å²) in [6.45, 7) is 6.74. The van der Waals surface area contributed by atoms with Crippen LogP contribution in [0.1, 0.15) is 44.3 Å². The van der Waals surface area contributed by atoms with Crippen LogP contribution in [0.2, 0.25) is 0 Å². The van der Waals surface area contributed by atoms with E-state index in [1.165, 1.54) is 18.6 Å². The lowest BCUT2D eigenvalue weighted by atomic mass is 10.1. The SMILES string of the molecule is COc1ccc2c(c1)-c1nnc(NS(=O)(=O)[C@@H](C)[C@@H](OC(C)C)c3ncc(C)cn3)n1[C@H](CO)CO2. The molecule has 36 heavy (non-hydrogen) atoms. The van der Waals surface area contributed by atoms with E-state index in [-0.39, 0.29) is 31.1 Å². The van der Waals surface area contributed by atoms with Crippen molar-refractivity contribution in [1.29, 1.82) is 0 Å². The van der Waals surface area contributed by atoms with Gasteiger partial charge in [0.15, 0.2) is 11.6 Å². The van der Waals surface area contributed by atoms with Crippen molar-refractivity contribution in [2.24, 2.45) is 0 Å². The largest absolute Gasteiger partial charge is 0.497 e. The average Bonchev–Trinajstić information content (AvgIpc) is 3.17. The standard InChI is InChI=1S/C23H30N6O6S/c1-13(2)35-20(21-24-9-14(3)10-25-21)15(4)36(31,32)28-23-27-26-22-18-8-17(33-5)6-7-19(18)34-12-16(11-30)29(22)23/h6-10,13,15-16,20,30H,11-12H2,1-5H3,(H,27,28)/t15-,16+,20+/m0/s1. The van der Waals surface area contributed by atoms with Crippen LogP contribution in [0.25, 0.3) is 11.4 Å². The minimum Gasteiger partial charge on any atom is -0.497 e. The molecule has 3 aromatic rings. The molecule has 2 N–H and O–H groups in total. The molecule has 0 bridgehead atoms. The molecule has 0 aliphatic carbocycles. The molecular formula is C23H30N6O6S. The molecule has 0 fully saturated rings. The number of anilines is 1. The first-order valence-electron chi connectivity index (χ1n) is 11.5. The number of aromatic nitrogens is 5. The number of aliphatic hydroxyl groups is 1. The average molecular weight is 519 g/mol. The fourth-order valence-electron chi connectivity index (χ4n) is 3.83.